The van der Waals surface area contributed by atoms with Crippen LogP contribution in [0.25, 0.3) is 0 Å². The highest BCUT2D eigenvalue weighted by atomic mass is 79.9. The molecule has 7 nitrogen and oxygen atoms in total. The number of hydrogen-bond acceptors (Lipinski definition) is 5. The van der Waals surface area contributed by atoms with E-state index in [1.165, 1.54) is 30.3 Å². The lowest BCUT2D eigenvalue weighted by Gasteiger charge is -2.04. The number of aromatic nitrogens is 2. The standard InChI is InChI=1S/C13H13BrN4O3/c1-18-12(9(14)7-16-18)13(20)17-15-6-8-3-4-10(19)11(5-8)21-2/h3-7,19H,1-2H3,(H,17,20). The molecule has 2 N–H and O–H groups in total. The van der Waals surface area contributed by atoms with Crippen molar-refractivity contribution in [3.05, 3.63) is 40.1 Å². The van der Waals surface area contributed by atoms with Gasteiger partial charge in [-0.2, -0.15) is 10.2 Å². The Morgan fingerprint density at radius 3 is 2.95 bits per heavy atom. The van der Waals surface area contributed by atoms with Gasteiger partial charge in [0.2, 0.25) is 0 Å². The summed E-state index contributed by atoms with van der Waals surface area (Å²) in [4.78, 5) is 11.9. The van der Waals surface area contributed by atoms with Crippen LogP contribution < -0.4 is 10.2 Å². The van der Waals surface area contributed by atoms with E-state index in [9.17, 15) is 9.90 Å². The number of nitrogens with one attached hydrogen (secondary N) is 1. The molecule has 0 fully saturated rings. The van der Waals surface area contributed by atoms with Gasteiger partial charge in [-0.25, -0.2) is 5.43 Å². The first-order chi connectivity index (χ1) is 10.0. The SMILES string of the molecule is COc1cc(C=NNC(=O)c2c(Br)cnn2C)ccc1O. The topological polar surface area (TPSA) is 88.7 Å². The lowest BCUT2D eigenvalue weighted by atomic mass is 10.2. The number of carbonyl (C=O) groups is 1. The zero-order chi connectivity index (χ0) is 15.4. The Kier molecular flexibility index (Phi) is 4.59. The minimum Gasteiger partial charge on any atom is -0.504 e. The van der Waals surface area contributed by atoms with Crippen LogP contribution in [0.3, 0.4) is 0 Å². The number of halogens is 1. The number of hydrazone groups is 1. The molecule has 1 aromatic carbocycles. The van der Waals surface area contributed by atoms with Gasteiger partial charge >= 0.3 is 0 Å². The summed E-state index contributed by atoms with van der Waals surface area (Å²) in [5.74, 6) is -0.0129. The molecule has 0 aliphatic rings. The van der Waals surface area contributed by atoms with E-state index < -0.39 is 0 Å². The number of benzene rings is 1. The first-order valence-corrected chi connectivity index (χ1v) is 6.70. The molecule has 0 saturated heterocycles. The molecule has 0 atom stereocenters. The van der Waals surface area contributed by atoms with E-state index in [1.54, 1.807) is 19.2 Å². The fraction of sp³-hybridized carbons (Fsp3) is 0.154. The van der Waals surface area contributed by atoms with Gasteiger partial charge in [0, 0.05) is 7.05 Å². The Hall–Kier alpha value is -2.35. The van der Waals surface area contributed by atoms with Crippen molar-refractivity contribution in [2.24, 2.45) is 12.1 Å². The molecule has 0 bridgehead atoms. The third-order valence-electron chi connectivity index (χ3n) is 2.69. The average molecular weight is 353 g/mol. The van der Waals surface area contributed by atoms with Crippen molar-refractivity contribution >= 4 is 28.1 Å². The van der Waals surface area contributed by atoms with Crippen LogP contribution >= 0.6 is 15.9 Å². The fourth-order valence-electron chi connectivity index (χ4n) is 1.66. The second-order valence-corrected chi connectivity index (χ2v) is 4.95. The zero-order valence-electron chi connectivity index (χ0n) is 11.4. The fourth-order valence-corrected chi connectivity index (χ4v) is 2.19. The molecule has 1 amide bonds. The summed E-state index contributed by atoms with van der Waals surface area (Å²) in [5.41, 5.74) is 3.45. The molecule has 0 saturated carbocycles. The van der Waals surface area contributed by atoms with Crippen LogP contribution in [0.2, 0.25) is 0 Å². The summed E-state index contributed by atoms with van der Waals surface area (Å²) >= 11 is 3.24. The quantitative estimate of drug-likeness (QED) is 0.646. The van der Waals surface area contributed by atoms with E-state index in [0.29, 0.717) is 21.5 Å². The van der Waals surface area contributed by atoms with Gasteiger partial charge in [0.15, 0.2) is 11.5 Å². The predicted octanol–water partition coefficient (Wildman–Crippen LogP) is 1.66. The maximum absolute atomic E-state index is 11.9. The molecule has 1 heterocycles. The molecule has 0 spiro atoms. The van der Waals surface area contributed by atoms with Crippen LogP contribution in [-0.4, -0.2) is 34.1 Å². The van der Waals surface area contributed by atoms with Crippen LogP contribution in [0, 0.1) is 0 Å². The summed E-state index contributed by atoms with van der Waals surface area (Å²) in [5, 5.41) is 17.3. The van der Waals surface area contributed by atoms with E-state index in [2.05, 4.69) is 31.6 Å². The minimum atomic E-state index is -0.385. The number of ether oxygens (including phenoxy) is 1. The van der Waals surface area contributed by atoms with Gasteiger partial charge in [-0.15, -0.1) is 0 Å². The molecule has 0 unspecified atom stereocenters. The maximum Gasteiger partial charge on any atom is 0.290 e. The minimum absolute atomic E-state index is 0.0394. The largest absolute Gasteiger partial charge is 0.504 e. The van der Waals surface area contributed by atoms with Crippen molar-refractivity contribution in [1.82, 2.24) is 15.2 Å². The van der Waals surface area contributed by atoms with Crippen molar-refractivity contribution in [2.45, 2.75) is 0 Å². The van der Waals surface area contributed by atoms with E-state index in [0.717, 1.165) is 0 Å². The number of aryl methyl sites for hydroxylation is 1. The van der Waals surface area contributed by atoms with Crippen molar-refractivity contribution in [3.63, 3.8) is 0 Å². The lowest BCUT2D eigenvalue weighted by molar-refractivity contribution is 0.0945. The van der Waals surface area contributed by atoms with Gasteiger partial charge in [-0.1, -0.05) is 0 Å². The molecule has 0 aliphatic heterocycles. The lowest BCUT2D eigenvalue weighted by Crippen LogP contribution is -2.21. The van der Waals surface area contributed by atoms with Crippen molar-refractivity contribution < 1.29 is 14.6 Å². The Morgan fingerprint density at radius 1 is 1.57 bits per heavy atom. The Labute approximate surface area is 129 Å². The van der Waals surface area contributed by atoms with E-state index in [-0.39, 0.29) is 11.7 Å². The summed E-state index contributed by atoms with van der Waals surface area (Å²) in [6.07, 6.45) is 2.98. The van der Waals surface area contributed by atoms with E-state index in [4.69, 9.17) is 4.74 Å². The highest BCUT2D eigenvalue weighted by molar-refractivity contribution is 9.10. The number of methoxy groups -OCH3 is 1. The summed E-state index contributed by atoms with van der Waals surface area (Å²) < 4.78 is 7.02. The third-order valence-corrected chi connectivity index (χ3v) is 3.27. The van der Waals surface area contributed by atoms with Crippen molar-refractivity contribution in [3.8, 4) is 11.5 Å². The second-order valence-electron chi connectivity index (χ2n) is 4.10. The Bertz CT molecular complexity index is 677. The average Bonchev–Trinajstić information content (AvgIpc) is 2.80. The normalized spacial score (nSPS) is 10.8. The second kappa shape index (κ2) is 6.40. The van der Waals surface area contributed by atoms with Crippen LogP contribution in [0.4, 0.5) is 0 Å². The number of phenolic OH excluding ortho intramolecular Hbond substituents is 1. The first kappa shape index (κ1) is 15.0. The molecule has 21 heavy (non-hydrogen) atoms. The van der Waals surface area contributed by atoms with Gasteiger partial charge in [0.25, 0.3) is 5.91 Å². The highest BCUT2D eigenvalue weighted by Gasteiger charge is 2.14. The molecule has 2 rings (SSSR count). The van der Waals surface area contributed by atoms with Gasteiger partial charge in [0.1, 0.15) is 5.69 Å². The summed E-state index contributed by atoms with van der Waals surface area (Å²) in [7, 11) is 3.12. The first-order valence-electron chi connectivity index (χ1n) is 5.91. The summed E-state index contributed by atoms with van der Waals surface area (Å²) in [6, 6.07) is 4.73. The smallest absolute Gasteiger partial charge is 0.290 e. The molecule has 8 heteroatoms. The summed E-state index contributed by atoms with van der Waals surface area (Å²) in [6.45, 7) is 0. The van der Waals surface area contributed by atoms with E-state index >= 15 is 0 Å². The number of rotatable bonds is 4. The highest BCUT2D eigenvalue weighted by Crippen LogP contribution is 2.25. The van der Waals surface area contributed by atoms with Crippen LogP contribution in [0.5, 0.6) is 11.5 Å². The zero-order valence-corrected chi connectivity index (χ0v) is 13.0. The number of carbonyl (C=O) groups excluding carboxylic acids is 1. The predicted molar refractivity (Wildman–Crippen MR) is 80.6 cm³/mol. The number of aromatic hydroxyl groups is 1. The molecule has 2 aromatic rings. The number of amides is 1. The van der Waals surface area contributed by atoms with Crippen LogP contribution in [-0.2, 0) is 7.05 Å². The van der Waals surface area contributed by atoms with Gasteiger partial charge in [-0.05, 0) is 39.7 Å². The van der Waals surface area contributed by atoms with Gasteiger partial charge < -0.3 is 9.84 Å². The molecular weight excluding hydrogens is 340 g/mol. The molecule has 0 aliphatic carbocycles. The molecule has 0 radical (unpaired) electrons. The van der Waals surface area contributed by atoms with Crippen LogP contribution in [0.15, 0.2) is 34.0 Å². The van der Waals surface area contributed by atoms with Gasteiger partial charge in [-0.3, -0.25) is 9.48 Å². The third kappa shape index (κ3) is 3.40. The number of nitrogens with zero attached hydrogens (tertiary/aromatic N) is 3. The Balaban J connectivity index is 2.07. The van der Waals surface area contributed by atoms with Crippen LogP contribution in [0.1, 0.15) is 16.1 Å². The van der Waals surface area contributed by atoms with E-state index in [1.807, 2.05) is 0 Å². The van der Waals surface area contributed by atoms with Crippen molar-refractivity contribution in [1.29, 1.82) is 0 Å². The Morgan fingerprint density at radius 2 is 2.33 bits per heavy atom. The van der Waals surface area contributed by atoms with Crippen molar-refractivity contribution in [2.75, 3.05) is 7.11 Å². The molecule has 1 aromatic heterocycles. The monoisotopic (exact) mass is 352 g/mol. The maximum atomic E-state index is 11.9. The van der Waals surface area contributed by atoms with Gasteiger partial charge in [0.05, 0.1) is 24.0 Å². The number of phenols is 1. The number of hydrogen-bond donors (Lipinski definition) is 2. The molecule has 110 valence electrons. The molecular formula is C13H13BrN4O3.